The van der Waals surface area contributed by atoms with E-state index >= 15 is 0 Å². The molecule has 1 heterocycles. The fourth-order valence-corrected chi connectivity index (χ4v) is 1.31. The molecule has 1 aromatic heterocycles. The highest BCUT2D eigenvalue weighted by Gasteiger charge is 2.02. The van der Waals surface area contributed by atoms with Crippen LogP contribution < -0.4 is 5.43 Å². The number of nitrogens with zero attached hydrogens (tertiary/aromatic N) is 1. The average Bonchev–Trinajstić information content (AvgIpc) is 2.83. The van der Waals surface area contributed by atoms with Crippen molar-refractivity contribution < 1.29 is 9.21 Å². The summed E-state index contributed by atoms with van der Waals surface area (Å²) in [4.78, 5) is 11.6. The Hall–Kier alpha value is -2.07. The molecular weight excluding hydrogens is 240 g/mol. The second-order valence-corrected chi connectivity index (χ2v) is 3.66. The van der Waals surface area contributed by atoms with Gasteiger partial charge in [0.2, 0.25) is 0 Å². The minimum atomic E-state index is -0.301. The lowest BCUT2D eigenvalue weighted by Gasteiger charge is -1.98. The number of rotatable bonds is 3. The van der Waals surface area contributed by atoms with E-state index in [-0.39, 0.29) is 5.91 Å². The van der Waals surface area contributed by atoms with Crippen LogP contribution in [-0.4, -0.2) is 12.1 Å². The first kappa shape index (κ1) is 11.4. The second-order valence-electron chi connectivity index (χ2n) is 3.22. The van der Waals surface area contributed by atoms with Gasteiger partial charge >= 0.3 is 0 Å². The minimum Gasteiger partial charge on any atom is -0.463 e. The third-order valence-electron chi connectivity index (χ3n) is 2.01. The van der Waals surface area contributed by atoms with Gasteiger partial charge in [-0.3, -0.25) is 4.79 Å². The van der Waals surface area contributed by atoms with E-state index in [9.17, 15) is 4.79 Å². The molecule has 5 heteroatoms. The van der Waals surface area contributed by atoms with Gasteiger partial charge in [-0.2, -0.15) is 5.10 Å². The molecule has 86 valence electrons. The van der Waals surface area contributed by atoms with Gasteiger partial charge in [0.05, 0.1) is 12.5 Å². The summed E-state index contributed by atoms with van der Waals surface area (Å²) in [5.74, 6) is 0.269. The number of carbonyl (C=O) groups is 1. The van der Waals surface area contributed by atoms with Crippen molar-refractivity contribution >= 4 is 23.7 Å². The summed E-state index contributed by atoms with van der Waals surface area (Å²) >= 11 is 5.71. The Morgan fingerprint density at radius 3 is 2.71 bits per heavy atom. The number of benzene rings is 1. The van der Waals surface area contributed by atoms with Crippen molar-refractivity contribution in [3.05, 3.63) is 59.0 Å². The van der Waals surface area contributed by atoms with Crippen molar-refractivity contribution in [2.45, 2.75) is 0 Å². The standard InChI is InChI=1S/C12H9ClN2O2/c13-10-5-3-9(4-6-10)12(16)15-14-8-11-2-1-7-17-11/h1-8H,(H,15,16)/b14-8-. The Labute approximate surface area is 103 Å². The fraction of sp³-hybridized carbons (Fsp3) is 0. The normalized spacial score (nSPS) is 10.6. The SMILES string of the molecule is O=C(N/N=C\c1ccco1)c1ccc(Cl)cc1. The predicted octanol–water partition coefficient (Wildman–Crippen LogP) is 2.70. The number of nitrogens with one attached hydrogen (secondary N) is 1. The highest BCUT2D eigenvalue weighted by molar-refractivity contribution is 6.30. The molecule has 0 atom stereocenters. The molecular formula is C12H9ClN2O2. The van der Waals surface area contributed by atoms with Crippen LogP contribution in [0, 0.1) is 0 Å². The van der Waals surface area contributed by atoms with Gasteiger partial charge in [-0.05, 0) is 36.4 Å². The number of halogens is 1. The van der Waals surface area contributed by atoms with Gasteiger partial charge in [0.15, 0.2) is 0 Å². The van der Waals surface area contributed by atoms with E-state index in [1.54, 1.807) is 36.4 Å². The molecule has 0 radical (unpaired) electrons. The number of hydrazone groups is 1. The largest absolute Gasteiger partial charge is 0.463 e. The molecule has 2 rings (SSSR count). The number of hydrogen-bond donors (Lipinski definition) is 1. The zero-order valence-corrected chi connectivity index (χ0v) is 9.52. The molecule has 4 nitrogen and oxygen atoms in total. The maximum absolute atomic E-state index is 11.6. The van der Waals surface area contributed by atoms with Crippen molar-refractivity contribution in [2.24, 2.45) is 5.10 Å². The van der Waals surface area contributed by atoms with Gasteiger partial charge in [-0.15, -0.1) is 0 Å². The Kier molecular flexibility index (Phi) is 3.57. The highest BCUT2D eigenvalue weighted by atomic mass is 35.5. The Morgan fingerprint density at radius 1 is 1.29 bits per heavy atom. The predicted molar refractivity (Wildman–Crippen MR) is 65.2 cm³/mol. The lowest BCUT2D eigenvalue weighted by molar-refractivity contribution is 0.0955. The van der Waals surface area contributed by atoms with Gasteiger partial charge < -0.3 is 4.42 Å². The lowest BCUT2D eigenvalue weighted by atomic mass is 10.2. The smallest absolute Gasteiger partial charge is 0.271 e. The van der Waals surface area contributed by atoms with Gasteiger partial charge in [-0.1, -0.05) is 11.6 Å². The molecule has 0 spiro atoms. The molecule has 1 amide bonds. The molecule has 0 aliphatic heterocycles. The maximum Gasteiger partial charge on any atom is 0.271 e. The Bertz CT molecular complexity index is 518. The summed E-state index contributed by atoms with van der Waals surface area (Å²) in [5.41, 5.74) is 2.88. The highest BCUT2D eigenvalue weighted by Crippen LogP contribution is 2.09. The zero-order valence-electron chi connectivity index (χ0n) is 8.76. The first-order valence-electron chi connectivity index (χ1n) is 4.88. The molecule has 0 bridgehead atoms. The molecule has 0 unspecified atom stereocenters. The molecule has 0 aliphatic rings. The number of hydrogen-bond acceptors (Lipinski definition) is 3. The van der Waals surface area contributed by atoms with E-state index in [1.807, 2.05) is 0 Å². The van der Waals surface area contributed by atoms with Crippen LogP contribution in [0.2, 0.25) is 5.02 Å². The molecule has 17 heavy (non-hydrogen) atoms. The van der Waals surface area contributed by atoms with Gasteiger partial charge in [-0.25, -0.2) is 5.43 Å². The van der Waals surface area contributed by atoms with E-state index < -0.39 is 0 Å². The van der Waals surface area contributed by atoms with Gasteiger partial charge in [0.1, 0.15) is 5.76 Å². The number of amides is 1. The maximum atomic E-state index is 11.6. The van der Waals surface area contributed by atoms with E-state index in [1.165, 1.54) is 12.5 Å². The first-order valence-corrected chi connectivity index (χ1v) is 5.26. The van der Waals surface area contributed by atoms with Crippen LogP contribution >= 0.6 is 11.6 Å². The van der Waals surface area contributed by atoms with Crippen molar-refractivity contribution in [2.75, 3.05) is 0 Å². The number of furan rings is 1. The van der Waals surface area contributed by atoms with E-state index in [2.05, 4.69) is 10.5 Å². The van der Waals surface area contributed by atoms with Crippen LogP contribution in [0.15, 0.2) is 52.2 Å². The molecule has 0 aliphatic carbocycles. The molecule has 0 saturated heterocycles. The summed E-state index contributed by atoms with van der Waals surface area (Å²) in [6, 6.07) is 10.0. The Balaban J connectivity index is 1.96. The monoisotopic (exact) mass is 248 g/mol. The van der Waals surface area contributed by atoms with Crippen LogP contribution in [0.5, 0.6) is 0 Å². The second kappa shape index (κ2) is 5.32. The van der Waals surface area contributed by atoms with E-state index in [0.717, 1.165) is 0 Å². The van der Waals surface area contributed by atoms with Gasteiger partial charge in [0.25, 0.3) is 5.91 Å². The Morgan fingerprint density at radius 2 is 2.06 bits per heavy atom. The molecule has 0 fully saturated rings. The summed E-state index contributed by atoms with van der Waals surface area (Å²) < 4.78 is 5.02. The van der Waals surface area contributed by atoms with E-state index in [4.69, 9.17) is 16.0 Å². The van der Waals surface area contributed by atoms with Crippen molar-refractivity contribution in [1.82, 2.24) is 5.43 Å². The molecule has 2 aromatic rings. The summed E-state index contributed by atoms with van der Waals surface area (Å²) in [6.07, 6.45) is 2.95. The van der Waals surface area contributed by atoms with Crippen molar-refractivity contribution in [3.8, 4) is 0 Å². The third kappa shape index (κ3) is 3.19. The van der Waals surface area contributed by atoms with Crippen LogP contribution in [-0.2, 0) is 0 Å². The summed E-state index contributed by atoms with van der Waals surface area (Å²) in [7, 11) is 0. The number of carbonyl (C=O) groups excluding carboxylic acids is 1. The van der Waals surface area contributed by atoms with E-state index in [0.29, 0.717) is 16.3 Å². The van der Waals surface area contributed by atoms with Crippen LogP contribution in [0.1, 0.15) is 16.1 Å². The lowest BCUT2D eigenvalue weighted by Crippen LogP contribution is -2.17. The van der Waals surface area contributed by atoms with Crippen LogP contribution in [0.25, 0.3) is 0 Å². The molecule has 1 aromatic carbocycles. The fourth-order valence-electron chi connectivity index (χ4n) is 1.19. The summed E-state index contributed by atoms with van der Waals surface area (Å²) in [5, 5.41) is 4.35. The summed E-state index contributed by atoms with van der Waals surface area (Å²) in [6.45, 7) is 0. The topological polar surface area (TPSA) is 54.6 Å². The quantitative estimate of drug-likeness (QED) is 0.671. The van der Waals surface area contributed by atoms with Crippen LogP contribution in [0.4, 0.5) is 0 Å². The zero-order chi connectivity index (χ0) is 12.1. The van der Waals surface area contributed by atoms with Crippen molar-refractivity contribution in [3.63, 3.8) is 0 Å². The first-order chi connectivity index (χ1) is 8.25. The molecule has 1 N–H and O–H groups in total. The van der Waals surface area contributed by atoms with Gasteiger partial charge in [0, 0.05) is 10.6 Å². The minimum absolute atomic E-state index is 0.301. The van der Waals surface area contributed by atoms with Crippen molar-refractivity contribution in [1.29, 1.82) is 0 Å². The molecule has 0 saturated carbocycles. The average molecular weight is 249 g/mol. The van der Waals surface area contributed by atoms with Crippen LogP contribution in [0.3, 0.4) is 0 Å². The third-order valence-corrected chi connectivity index (χ3v) is 2.26.